The van der Waals surface area contributed by atoms with Gasteiger partial charge in [0.15, 0.2) is 0 Å². The quantitative estimate of drug-likeness (QED) is 0.0772. The van der Waals surface area contributed by atoms with E-state index < -0.39 is 86.6 Å². The van der Waals surface area contributed by atoms with Crippen molar-refractivity contribution >= 4 is 34.6 Å². The Morgan fingerprint density at radius 2 is 1.28 bits per heavy atom. The zero-order valence-corrected chi connectivity index (χ0v) is 25.6. The molecular formula is C29H43N3O14. The van der Waals surface area contributed by atoms with E-state index in [1.54, 1.807) is 43.4 Å². The second-order valence-electron chi connectivity index (χ2n) is 10.4. The lowest BCUT2D eigenvalue weighted by Gasteiger charge is -2.34. The number of benzene rings is 2. The van der Waals surface area contributed by atoms with Crippen molar-refractivity contribution in [3.8, 4) is 5.75 Å². The predicted molar refractivity (Wildman–Crippen MR) is 161 cm³/mol. The van der Waals surface area contributed by atoms with Crippen LogP contribution in [0.25, 0.3) is 10.8 Å². The Bertz CT molecular complexity index is 1280. The van der Waals surface area contributed by atoms with Crippen molar-refractivity contribution in [2.75, 3.05) is 53.5 Å². The summed E-state index contributed by atoms with van der Waals surface area (Å²) in [5, 5.41) is 86.5. The summed E-state index contributed by atoms with van der Waals surface area (Å²) in [6.07, 6.45) is -5.65. The molecule has 0 amide bonds. The number of ether oxygens (including phenoxy) is 1. The Labute approximate surface area is 264 Å². The Hall–Kier alpha value is -3.94. The molecule has 46 heavy (non-hydrogen) atoms. The summed E-state index contributed by atoms with van der Waals surface area (Å²) in [4.78, 5) is 48.3. The van der Waals surface area contributed by atoms with Gasteiger partial charge in [-0.05, 0) is 48.5 Å². The molecule has 2 unspecified atom stereocenters. The highest BCUT2D eigenvalue weighted by molar-refractivity contribution is 5.86. The van der Waals surface area contributed by atoms with Crippen LogP contribution in [0.1, 0.15) is 18.5 Å². The van der Waals surface area contributed by atoms with Crippen molar-refractivity contribution in [2.45, 2.75) is 43.4 Å². The molecule has 2 rings (SSSR count). The summed E-state index contributed by atoms with van der Waals surface area (Å²) in [6, 6.07) is 8.05. The molecule has 0 spiro atoms. The van der Waals surface area contributed by atoms with Gasteiger partial charge in [-0.1, -0.05) is 18.2 Å². The first-order valence-corrected chi connectivity index (χ1v) is 14.0. The average Bonchev–Trinajstić information content (AvgIpc) is 2.98. The third kappa shape index (κ3) is 12.8. The first-order valence-electron chi connectivity index (χ1n) is 14.0. The summed E-state index contributed by atoms with van der Waals surface area (Å²) in [7, 11) is 3.10. The van der Waals surface area contributed by atoms with Crippen LogP contribution in [0.3, 0.4) is 0 Å². The standard InChI is InChI=1S/C22H26N2O9.C7H17NO5/c1-13(23(10-18(25)26)11-19(27)28)9-24(12-20(29)30)21(22(31)32)16-4-3-15-8-17(33-2)6-5-14(15)7-16;1-8-2-4(10)6(12)7(13)5(11)3-9/h3-8,13,21H,9-12H2,1-2H3,(H,25,26)(H,27,28)(H,29,30)(H,31,32);4-13H,2-3H2,1H3/t;4-,5+,6+,7+/m.0/s1. The molecule has 0 saturated heterocycles. The maximum atomic E-state index is 12.2. The third-order valence-corrected chi connectivity index (χ3v) is 6.86. The highest BCUT2D eigenvalue weighted by Crippen LogP contribution is 2.28. The molecule has 6 atom stereocenters. The van der Waals surface area contributed by atoms with E-state index in [0.29, 0.717) is 11.3 Å². The van der Waals surface area contributed by atoms with Crippen molar-refractivity contribution in [3.63, 3.8) is 0 Å². The number of aliphatic hydroxyl groups is 5. The fourth-order valence-electron chi connectivity index (χ4n) is 4.55. The van der Waals surface area contributed by atoms with Crippen LogP contribution in [0.4, 0.5) is 0 Å². The van der Waals surface area contributed by atoms with Gasteiger partial charge in [-0.15, -0.1) is 0 Å². The zero-order chi connectivity index (χ0) is 35.1. The minimum absolute atomic E-state index is 0.0936. The molecule has 0 aliphatic heterocycles. The minimum atomic E-state index is -1.55. The molecule has 0 fully saturated rings. The minimum Gasteiger partial charge on any atom is -0.497 e. The summed E-state index contributed by atoms with van der Waals surface area (Å²) >= 11 is 0. The molecule has 0 heterocycles. The van der Waals surface area contributed by atoms with Crippen LogP contribution >= 0.6 is 0 Å². The van der Waals surface area contributed by atoms with Gasteiger partial charge >= 0.3 is 23.9 Å². The number of carboxylic acids is 4. The van der Waals surface area contributed by atoms with Crippen LogP contribution in [-0.2, 0) is 19.2 Å². The van der Waals surface area contributed by atoms with E-state index in [4.69, 9.17) is 35.4 Å². The molecule has 0 aromatic heterocycles. The normalized spacial score (nSPS) is 15.3. The number of hydrogen-bond donors (Lipinski definition) is 10. The van der Waals surface area contributed by atoms with Gasteiger partial charge in [-0.3, -0.25) is 29.0 Å². The van der Waals surface area contributed by atoms with Crippen LogP contribution in [-0.4, -0.2) is 164 Å². The second-order valence-corrected chi connectivity index (χ2v) is 10.4. The van der Waals surface area contributed by atoms with E-state index in [1.807, 2.05) is 0 Å². The van der Waals surface area contributed by atoms with E-state index in [9.17, 15) is 34.5 Å². The SMILES string of the molecule is CNC[C@H](O)[C@@H](O)[C@H](O)[C@H](O)CO.COc1ccc2cc(C(C(=O)O)N(CC(=O)O)CC(C)N(CC(=O)O)CC(=O)O)ccc2c1. The highest BCUT2D eigenvalue weighted by atomic mass is 16.5. The molecule has 258 valence electrons. The summed E-state index contributed by atoms with van der Waals surface area (Å²) in [6.45, 7) is -1.07. The van der Waals surface area contributed by atoms with Gasteiger partial charge in [0.2, 0.25) is 0 Å². The number of methoxy groups -OCH3 is 1. The lowest BCUT2D eigenvalue weighted by atomic mass is 10.00. The number of fused-ring (bicyclic) bond motifs is 1. The number of carbonyl (C=O) groups is 4. The number of nitrogens with zero attached hydrogens (tertiary/aromatic N) is 2. The summed E-state index contributed by atoms with van der Waals surface area (Å²) in [5.74, 6) is -4.45. The van der Waals surface area contributed by atoms with Gasteiger partial charge in [-0.2, -0.15) is 0 Å². The van der Waals surface area contributed by atoms with Crippen molar-refractivity contribution in [2.24, 2.45) is 0 Å². The number of rotatable bonds is 19. The van der Waals surface area contributed by atoms with Gasteiger partial charge < -0.3 is 56.0 Å². The molecule has 0 saturated carbocycles. The van der Waals surface area contributed by atoms with Crippen molar-refractivity contribution in [1.82, 2.24) is 15.1 Å². The lowest BCUT2D eigenvalue weighted by molar-refractivity contribution is -0.149. The van der Waals surface area contributed by atoms with Gasteiger partial charge in [0.25, 0.3) is 0 Å². The molecule has 0 aliphatic carbocycles. The maximum absolute atomic E-state index is 12.2. The van der Waals surface area contributed by atoms with E-state index >= 15 is 0 Å². The average molecular weight is 658 g/mol. The molecule has 0 radical (unpaired) electrons. The van der Waals surface area contributed by atoms with Crippen LogP contribution in [0.15, 0.2) is 36.4 Å². The number of carboxylic acid groups (broad SMARTS) is 4. The number of aliphatic carboxylic acids is 4. The fourth-order valence-corrected chi connectivity index (χ4v) is 4.55. The van der Waals surface area contributed by atoms with Crippen LogP contribution in [0.2, 0.25) is 0 Å². The van der Waals surface area contributed by atoms with E-state index in [2.05, 4.69) is 5.32 Å². The lowest BCUT2D eigenvalue weighted by Crippen LogP contribution is -2.49. The first-order chi connectivity index (χ1) is 21.6. The number of likely N-dealkylation sites (N-methyl/N-ethyl adjacent to an activating group) is 1. The van der Waals surface area contributed by atoms with Gasteiger partial charge in [-0.25, -0.2) is 0 Å². The van der Waals surface area contributed by atoms with Gasteiger partial charge in [0.05, 0.1) is 39.5 Å². The predicted octanol–water partition coefficient (Wildman–Crippen LogP) is -2.14. The Morgan fingerprint density at radius 3 is 1.76 bits per heavy atom. The topological polar surface area (TPSA) is 278 Å². The van der Waals surface area contributed by atoms with Crippen LogP contribution in [0.5, 0.6) is 5.75 Å². The molecule has 0 aliphatic rings. The Kier molecular flexibility index (Phi) is 17.0. The maximum Gasteiger partial charge on any atom is 0.325 e. The number of nitrogens with one attached hydrogen (secondary N) is 1. The molecule has 17 nitrogen and oxygen atoms in total. The smallest absolute Gasteiger partial charge is 0.325 e. The zero-order valence-electron chi connectivity index (χ0n) is 25.6. The van der Waals surface area contributed by atoms with Crippen molar-refractivity contribution < 1.29 is 69.9 Å². The highest BCUT2D eigenvalue weighted by Gasteiger charge is 2.32. The van der Waals surface area contributed by atoms with E-state index in [0.717, 1.165) is 15.7 Å². The largest absolute Gasteiger partial charge is 0.497 e. The number of hydrogen-bond acceptors (Lipinski definition) is 13. The van der Waals surface area contributed by atoms with Crippen molar-refractivity contribution in [3.05, 3.63) is 42.0 Å². The van der Waals surface area contributed by atoms with Gasteiger partial charge in [0.1, 0.15) is 30.1 Å². The van der Waals surface area contributed by atoms with Crippen molar-refractivity contribution in [1.29, 1.82) is 0 Å². The second kappa shape index (κ2) is 19.5. The molecular weight excluding hydrogens is 614 g/mol. The molecule has 2 aromatic rings. The molecule has 17 heteroatoms. The number of aliphatic hydroxyl groups excluding tert-OH is 5. The van der Waals surface area contributed by atoms with Gasteiger partial charge in [0, 0.05) is 19.1 Å². The summed E-state index contributed by atoms with van der Waals surface area (Å²) < 4.78 is 5.19. The van der Waals surface area contributed by atoms with E-state index in [1.165, 1.54) is 18.9 Å². The monoisotopic (exact) mass is 657 g/mol. The Morgan fingerprint density at radius 1 is 0.783 bits per heavy atom. The third-order valence-electron chi connectivity index (χ3n) is 6.86. The van der Waals surface area contributed by atoms with Crippen LogP contribution in [0, 0.1) is 0 Å². The van der Waals surface area contributed by atoms with E-state index in [-0.39, 0.29) is 13.1 Å². The summed E-state index contributed by atoms with van der Waals surface area (Å²) in [5.41, 5.74) is 0.330. The Balaban J connectivity index is 0.000000685. The first kappa shape index (κ1) is 40.1. The molecule has 0 bridgehead atoms. The molecule has 2 aromatic carbocycles. The molecule has 10 N–H and O–H groups in total. The fraction of sp³-hybridized carbons (Fsp3) is 0.517. The van der Waals surface area contributed by atoms with Crippen LogP contribution < -0.4 is 10.1 Å².